The van der Waals surface area contributed by atoms with E-state index in [-0.39, 0.29) is 5.82 Å². The van der Waals surface area contributed by atoms with Crippen LogP contribution in [0, 0.1) is 11.7 Å². The van der Waals surface area contributed by atoms with Crippen LogP contribution in [0.25, 0.3) is 11.0 Å². The van der Waals surface area contributed by atoms with Crippen molar-refractivity contribution >= 4 is 11.0 Å². The molecule has 1 aromatic heterocycles. The topological polar surface area (TPSA) is 29.9 Å². The Balaban J connectivity index is 2.16. The van der Waals surface area contributed by atoms with Crippen molar-refractivity contribution in [2.24, 2.45) is 5.92 Å². The minimum Gasteiger partial charge on any atom is -0.328 e. The second-order valence-electron chi connectivity index (χ2n) is 5.09. The van der Waals surface area contributed by atoms with Crippen molar-refractivity contribution in [3.05, 3.63) is 29.8 Å². The zero-order valence-corrected chi connectivity index (χ0v) is 10.8. The summed E-state index contributed by atoms with van der Waals surface area (Å²) >= 11 is 0. The smallest absolute Gasteiger partial charge is 0.125 e. The molecule has 4 heteroatoms. The molecule has 1 saturated heterocycles. The van der Waals surface area contributed by atoms with E-state index in [1.165, 1.54) is 12.1 Å². The monoisotopic (exact) mass is 247 g/mol. The number of nitrogens with zero attached hydrogens (tertiary/aromatic N) is 2. The molecule has 3 rings (SSSR count). The molecule has 0 amide bonds. The minimum atomic E-state index is -0.215. The Morgan fingerprint density at radius 2 is 2.28 bits per heavy atom. The highest BCUT2D eigenvalue weighted by Crippen LogP contribution is 2.30. The van der Waals surface area contributed by atoms with E-state index >= 15 is 0 Å². The molecule has 0 bridgehead atoms. The summed E-state index contributed by atoms with van der Waals surface area (Å²) in [7, 11) is 0. The van der Waals surface area contributed by atoms with Crippen molar-refractivity contribution in [2.75, 3.05) is 13.1 Å². The van der Waals surface area contributed by atoms with Gasteiger partial charge in [-0.25, -0.2) is 9.37 Å². The second kappa shape index (κ2) is 4.35. The van der Waals surface area contributed by atoms with E-state index in [4.69, 9.17) is 0 Å². The van der Waals surface area contributed by atoms with Crippen molar-refractivity contribution in [1.82, 2.24) is 14.9 Å². The van der Waals surface area contributed by atoms with Crippen LogP contribution in [0.4, 0.5) is 4.39 Å². The third-order valence-electron chi connectivity index (χ3n) is 3.91. The highest BCUT2D eigenvalue weighted by molar-refractivity contribution is 5.76. The van der Waals surface area contributed by atoms with Crippen LogP contribution >= 0.6 is 0 Å². The molecule has 96 valence electrons. The van der Waals surface area contributed by atoms with Gasteiger partial charge in [0.05, 0.1) is 11.0 Å². The van der Waals surface area contributed by atoms with Gasteiger partial charge in [0, 0.05) is 25.1 Å². The lowest BCUT2D eigenvalue weighted by Crippen LogP contribution is -2.14. The molecule has 1 aliphatic heterocycles. The lowest BCUT2D eigenvalue weighted by molar-refractivity contribution is 0.522. The van der Waals surface area contributed by atoms with Crippen molar-refractivity contribution in [3.63, 3.8) is 0 Å². The summed E-state index contributed by atoms with van der Waals surface area (Å²) in [4.78, 5) is 4.66. The molecule has 2 unspecified atom stereocenters. The number of hydrogen-bond donors (Lipinski definition) is 1. The first-order chi connectivity index (χ1) is 8.70. The summed E-state index contributed by atoms with van der Waals surface area (Å²) in [5.41, 5.74) is 1.80. The van der Waals surface area contributed by atoms with Crippen LogP contribution in [0.1, 0.15) is 25.6 Å². The summed E-state index contributed by atoms with van der Waals surface area (Å²) in [5.74, 6) is 1.89. The standard InChI is InChI=1S/C14H18FN3/c1-3-18-13-5-4-10(15)6-12(13)17-14(18)11-8-16-7-9(11)2/h4-6,9,11,16H,3,7-8H2,1-2H3. The Hall–Kier alpha value is -1.42. The van der Waals surface area contributed by atoms with Gasteiger partial charge in [0.25, 0.3) is 0 Å². The SMILES string of the molecule is CCn1c(C2CNCC2C)nc2cc(F)ccc21. The van der Waals surface area contributed by atoms with Gasteiger partial charge in [0.15, 0.2) is 0 Å². The number of rotatable bonds is 2. The van der Waals surface area contributed by atoms with E-state index in [0.717, 1.165) is 36.5 Å². The van der Waals surface area contributed by atoms with Crippen LogP contribution < -0.4 is 5.32 Å². The molecule has 1 aromatic carbocycles. The number of hydrogen-bond acceptors (Lipinski definition) is 2. The largest absolute Gasteiger partial charge is 0.328 e. The molecule has 0 saturated carbocycles. The van der Waals surface area contributed by atoms with Crippen molar-refractivity contribution < 1.29 is 4.39 Å². The van der Waals surface area contributed by atoms with Gasteiger partial charge in [-0.2, -0.15) is 0 Å². The van der Waals surface area contributed by atoms with Crippen LogP contribution in [0.2, 0.25) is 0 Å². The number of imidazole rings is 1. The Morgan fingerprint density at radius 1 is 1.44 bits per heavy atom. The Morgan fingerprint density at radius 3 is 2.94 bits per heavy atom. The number of benzene rings is 1. The third kappa shape index (κ3) is 1.72. The van der Waals surface area contributed by atoms with E-state index in [1.807, 2.05) is 6.07 Å². The molecule has 2 heterocycles. The fourth-order valence-electron chi connectivity index (χ4n) is 2.89. The van der Waals surface area contributed by atoms with Crippen molar-refractivity contribution in [2.45, 2.75) is 26.3 Å². The highest BCUT2D eigenvalue weighted by atomic mass is 19.1. The molecule has 3 nitrogen and oxygen atoms in total. The fraction of sp³-hybridized carbons (Fsp3) is 0.500. The Kier molecular flexibility index (Phi) is 2.82. The Bertz CT molecular complexity index is 576. The number of aromatic nitrogens is 2. The van der Waals surface area contributed by atoms with Gasteiger partial charge in [-0.15, -0.1) is 0 Å². The summed E-state index contributed by atoms with van der Waals surface area (Å²) < 4.78 is 15.5. The summed E-state index contributed by atoms with van der Waals surface area (Å²) in [6.45, 7) is 7.23. The number of aryl methyl sites for hydroxylation is 1. The van der Waals surface area contributed by atoms with Gasteiger partial charge >= 0.3 is 0 Å². The summed E-state index contributed by atoms with van der Waals surface area (Å²) in [6, 6.07) is 4.87. The molecule has 0 aliphatic carbocycles. The number of nitrogens with one attached hydrogen (secondary N) is 1. The zero-order valence-electron chi connectivity index (χ0n) is 10.8. The van der Waals surface area contributed by atoms with Crippen LogP contribution in [0.5, 0.6) is 0 Å². The van der Waals surface area contributed by atoms with Gasteiger partial charge in [-0.05, 0) is 31.5 Å². The normalized spacial score (nSPS) is 23.9. The van der Waals surface area contributed by atoms with E-state index in [2.05, 4.69) is 28.7 Å². The fourth-order valence-corrected chi connectivity index (χ4v) is 2.89. The minimum absolute atomic E-state index is 0.215. The van der Waals surface area contributed by atoms with E-state index in [0.29, 0.717) is 11.8 Å². The molecule has 2 atom stereocenters. The van der Waals surface area contributed by atoms with Gasteiger partial charge in [0.1, 0.15) is 11.6 Å². The van der Waals surface area contributed by atoms with Gasteiger partial charge in [0.2, 0.25) is 0 Å². The molecule has 1 fully saturated rings. The third-order valence-corrected chi connectivity index (χ3v) is 3.91. The molecule has 1 N–H and O–H groups in total. The lowest BCUT2D eigenvalue weighted by Gasteiger charge is -2.15. The zero-order chi connectivity index (χ0) is 12.7. The predicted octanol–water partition coefficient (Wildman–Crippen LogP) is 2.52. The van der Waals surface area contributed by atoms with E-state index in [1.54, 1.807) is 0 Å². The predicted molar refractivity (Wildman–Crippen MR) is 70.1 cm³/mol. The van der Waals surface area contributed by atoms with Crippen LogP contribution in [0.3, 0.4) is 0 Å². The maximum atomic E-state index is 13.3. The molecule has 2 aromatic rings. The lowest BCUT2D eigenvalue weighted by atomic mass is 9.97. The molecule has 18 heavy (non-hydrogen) atoms. The van der Waals surface area contributed by atoms with E-state index < -0.39 is 0 Å². The first kappa shape index (κ1) is 11.7. The molecular formula is C14H18FN3. The van der Waals surface area contributed by atoms with E-state index in [9.17, 15) is 4.39 Å². The number of fused-ring (bicyclic) bond motifs is 1. The summed E-state index contributed by atoms with van der Waals surface area (Å²) in [6.07, 6.45) is 0. The van der Waals surface area contributed by atoms with Crippen molar-refractivity contribution in [3.8, 4) is 0 Å². The molecule has 0 radical (unpaired) electrons. The molecular weight excluding hydrogens is 229 g/mol. The van der Waals surface area contributed by atoms with Gasteiger partial charge in [-0.3, -0.25) is 0 Å². The van der Waals surface area contributed by atoms with Crippen LogP contribution in [0.15, 0.2) is 18.2 Å². The molecule has 1 aliphatic rings. The van der Waals surface area contributed by atoms with Crippen LogP contribution in [-0.2, 0) is 6.54 Å². The second-order valence-corrected chi connectivity index (χ2v) is 5.09. The maximum absolute atomic E-state index is 13.3. The average Bonchev–Trinajstić information content (AvgIpc) is 2.91. The molecule has 0 spiro atoms. The van der Waals surface area contributed by atoms with Gasteiger partial charge < -0.3 is 9.88 Å². The first-order valence-corrected chi connectivity index (χ1v) is 6.57. The van der Waals surface area contributed by atoms with Crippen molar-refractivity contribution in [1.29, 1.82) is 0 Å². The van der Waals surface area contributed by atoms with Crippen LogP contribution in [-0.4, -0.2) is 22.6 Å². The first-order valence-electron chi connectivity index (χ1n) is 6.57. The average molecular weight is 247 g/mol. The van der Waals surface area contributed by atoms with Gasteiger partial charge in [-0.1, -0.05) is 6.92 Å². The highest BCUT2D eigenvalue weighted by Gasteiger charge is 2.29. The Labute approximate surface area is 106 Å². The maximum Gasteiger partial charge on any atom is 0.125 e. The quantitative estimate of drug-likeness (QED) is 0.883. The number of halogens is 1. The summed E-state index contributed by atoms with van der Waals surface area (Å²) in [5, 5.41) is 3.40.